The molecule has 0 unspecified atom stereocenters. The molecule has 1 saturated heterocycles. The van der Waals surface area contributed by atoms with Crippen LogP contribution < -0.4 is 4.74 Å². The fourth-order valence-corrected chi connectivity index (χ4v) is 4.96. The van der Waals surface area contributed by atoms with Gasteiger partial charge in [-0.25, -0.2) is 8.42 Å². The Morgan fingerprint density at radius 2 is 1.71 bits per heavy atom. The number of hydrogen-bond donors (Lipinski definition) is 0. The summed E-state index contributed by atoms with van der Waals surface area (Å²) in [4.78, 5) is 4.70. The van der Waals surface area contributed by atoms with Crippen LogP contribution in [0.25, 0.3) is 0 Å². The van der Waals surface area contributed by atoms with Crippen LogP contribution in [-0.2, 0) is 10.0 Å². The summed E-state index contributed by atoms with van der Waals surface area (Å²) in [6.45, 7) is 5.41. The molecule has 2 aromatic carbocycles. The van der Waals surface area contributed by atoms with Crippen molar-refractivity contribution in [2.45, 2.75) is 43.9 Å². The van der Waals surface area contributed by atoms with Crippen LogP contribution in [0.2, 0.25) is 0 Å². The maximum atomic E-state index is 13.2. The zero-order chi connectivity index (χ0) is 20.1. The van der Waals surface area contributed by atoms with Gasteiger partial charge in [0.05, 0.1) is 12.8 Å². The topological polar surface area (TPSA) is 59.0 Å². The van der Waals surface area contributed by atoms with Crippen LogP contribution >= 0.6 is 0 Å². The highest BCUT2D eigenvalue weighted by atomic mass is 32.2. The van der Waals surface area contributed by atoms with Crippen LogP contribution in [0, 0.1) is 0 Å². The second-order valence-electron chi connectivity index (χ2n) is 7.38. The van der Waals surface area contributed by atoms with E-state index >= 15 is 0 Å². The predicted molar refractivity (Wildman–Crippen MR) is 113 cm³/mol. The molecular weight excluding hydrogens is 372 g/mol. The van der Waals surface area contributed by atoms with E-state index in [-0.39, 0.29) is 4.90 Å². The van der Waals surface area contributed by atoms with Gasteiger partial charge in [-0.2, -0.15) is 4.31 Å². The summed E-state index contributed by atoms with van der Waals surface area (Å²) >= 11 is 0. The smallest absolute Gasteiger partial charge is 0.245 e. The molecule has 0 saturated carbocycles. The van der Waals surface area contributed by atoms with Crippen LogP contribution in [0.4, 0.5) is 5.69 Å². The number of nitrogens with zero attached hydrogens (tertiary/aromatic N) is 2. The Balaban J connectivity index is 1.94. The van der Waals surface area contributed by atoms with E-state index in [9.17, 15) is 8.42 Å². The molecule has 5 nitrogen and oxygen atoms in total. The maximum absolute atomic E-state index is 13.2. The van der Waals surface area contributed by atoms with Crippen LogP contribution in [0.15, 0.2) is 52.4 Å². The minimum Gasteiger partial charge on any atom is -0.497 e. The Morgan fingerprint density at radius 1 is 1.04 bits per heavy atom. The van der Waals surface area contributed by atoms with Gasteiger partial charge in [0.25, 0.3) is 0 Å². The number of benzene rings is 2. The van der Waals surface area contributed by atoms with Crippen molar-refractivity contribution in [1.29, 1.82) is 0 Å². The summed E-state index contributed by atoms with van der Waals surface area (Å²) in [5, 5.41) is 0. The molecule has 0 aliphatic carbocycles. The minimum atomic E-state index is -3.61. The number of rotatable bonds is 6. The zero-order valence-electron chi connectivity index (χ0n) is 16.8. The second kappa shape index (κ2) is 8.88. The Hall–Kier alpha value is -2.18. The molecule has 1 aliphatic heterocycles. The Labute approximate surface area is 168 Å². The third kappa shape index (κ3) is 4.62. The molecule has 1 aliphatic rings. The summed E-state index contributed by atoms with van der Waals surface area (Å²) in [6, 6.07) is 13.2. The maximum Gasteiger partial charge on any atom is 0.245 e. The van der Waals surface area contributed by atoms with Gasteiger partial charge in [0.1, 0.15) is 10.6 Å². The number of hydrogen-bond acceptors (Lipinski definition) is 4. The Kier molecular flexibility index (Phi) is 6.52. The molecule has 0 spiro atoms. The SMILES string of the molecule is COc1ccc(N=Cc2ccc(C(C)C)cc2)c(S(=O)(=O)N2CCCCC2)c1. The highest BCUT2D eigenvalue weighted by molar-refractivity contribution is 7.89. The molecule has 1 fully saturated rings. The Morgan fingerprint density at radius 3 is 2.32 bits per heavy atom. The lowest BCUT2D eigenvalue weighted by Crippen LogP contribution is -2.35. The lowest BCUT2D eigenvalue weighted by atomic mass is 10.0. The van der Waals surface area contributed by atoms with E-state index in [2.05, 4.69) is 31.0 Å². The van der Waals surface area contributed by atoms with E-state index < -0.39 is 10.0 Å². The summed E-state index contributed by atoms with van der Waals surface area (Å²) in [6.07, 6.45) is 4.57. The van der Waals surface area contributed by atoms with Crippen LogP contribution in [0.1, 0.15) is 50.2 Å². The highest BCUT2D eigenvalue weighted by Crippen LogP contribution is 2.32. The van der Waals surface area contributed by atoms with Gasteiger partial charge in [0.2, 0.25) is 10.0 Å². The fourth-order valence-electron chi connectivity index (χ4n) is 3.29. The standard InChI is InChI=1S/C22H28N2O3S/c1-17(2)19-9-7-18(8-10-19)16-23-21-12-11-20(27-3)15-22(21)28(25,26)24-13-5-4-6-14-24/h7-12,15-17H,4-6,13-14H2,1-3H3. The van der Waals surface area contributed by atoms with E-state index in [1.54, 1.807) is 28.7 Å². The van der Waals surface area contributed by atoms with Gasteiger partial charge in [-0.15, -0.1) is 0 Å². The van der Waals surface area contributed by atoms with Gasteiger partial charge in [0, 0.05) is 25.4 Å². The fraction of sp³-hybridized carbons (Fsp3) is 0.409. The quantitative estimate of drug-likeness (QED) is 0.658. The van der Waals surface area contributed by atoms with Crippen molar-refractivity contribution in [3.63, 3.8) is 0 Å². The van der Waals surface area contributed by atoms with Gasteiger partial charge >= 0.3 is 0 Å². The van der Waals surface area contributed by atoms with Crippen molar-refractivity contribution in [3.05, 3.63) is 53.6 Å². The molecule has 0 bridgehead atoms. The lowest BCUT2D eigenvalue weighted by Gasteiger charge is -2.26. The van der Waals surface area contributed by atoms with E-state index in [1.807, 2.05) is 12.1 Å². The van der Waals surface area contributed by atoms with Crippen molar-refractivity contribution in [2.24, 2.45) is 4.99 Å². The van der Waals surface area contributed by atoms with E-state index in [0.717, 1.165) is 24.8 Å². The van der Waals surface area contributed by atoms with E-state index in [4.69, 9.17) is 4.74 Å². The number of piperidine rings is 1. The molecule has 3 rings (SSSR count). The number of methoxy groups -OCH3 is 1. The summed E-state index contributed by atoms with van der Waals surface area (Å²) in [7, 11) is -2.07. The summed E-state index contributed by atoms with van der Waals surface area (Å²) in [5.74, 6) is 0.977. The van der Waals surface area contributed by atoms with Crippen molar-refractivity contribution in [1.82, 2.24) is 4.31 Å². The molecule has 6 heteroatoms. The molecular formula is C22H28N2O3S. The lowest BCUT2D eigenvalue weighted by molar-refractivity contribution is 0.346. The van der Waals surface area contributed by atoms with Crippen LogP contribution in [-0.4, -0.2) is 39.1 Å². The minimum absolute atomic E-state index is 0.198. The predicted octanol–water partition coefficient (Wildman–Crippen LogP) is 4.74. The molecule has 28 heavy (non-hydrogen) atoms. The molecule has 0 amide bonds. The van der Waals surface area contributed by atoms with Crippen molar-refractivity contribution in [3.8, 4) is 5.75 Å². The average molecular weight is 401 g/mol. The Bertz CT molecular complexity index is 929. The third-order valence-corrected chi connectivity index (χ3v) is 6.98. The number of sulfonamides is 1. The molecule has 0 N–H and O–H groups in total. The molecule has 1 heterocycles. The normalized spacial score (nSPS) is 16.0. The van der Waals surface area contributed by atoms with Gasteiger partial charge in [-0.05, 0) is 42.0 Å². The number of aliphatic imine (C=N–C) groups is 1. The van der Waals surface area contributed by atoms with Gasteiger partial charge in [-0.3, -0.25) is 4.99 Å². The monoisotopic (exact) mass is 400 g/mol. The van der Waals surface area contributed by atoms with E-state index in [0.29, 0.717) is 30.4 Å². The van der Waals surface area contributed by atoms with Crippen molar-refractivity contribution < 1.29 is 13.2 Å². The van der Waals surface area contributed by atoms with Gasteiger partial charge < -0.3 is 4.74 Å². The molecule has 0 atom stereocenters. The first-order chi connectivity index (χ1) is 13.4. The van der Waals surface area contributed by atoms with Gasteiger partial charge in [0.15, 0.2) is 0 Å². The van der Waals surface area contributed by atoms with Gasteiger partial charge in [-0.1, -0.05) is 44.5 Å². The third-order valence-electron chi connectivity index (χ3n) is 5.06. The largest absolute Gasteiger partial charge is 0.497 e. The summed E-state index contributed by atoms with van der Waals surface area (Å²) in [5.41, 5.74) is 2.62. The van der Waals surface area contributed by atoms with Crippen LogP contribution in [0.3, 0.4) is 0 Å². The molecule has 0 aromatic heterocycles. The van der Waals surface area contributed by atoms with E-state index in [1.165, 1.54) is 12.7 Å². The molecule has 150 valence electrons. The van der Waals surface area contributed by atoms with Crippen molar-refractivity contribution in [2.75, 3.05) is 20.2 Å². The molecule has 0 radical (unpaired) electrons. The first kappa shape index (κ1) is 20.6. The second-order valence-corrected chi connectivity index (χ2v) is 9.28. The average Bonchev–Trinajstić information content (AvgIpc) is 2.73. The first-order valence-corrected chi connectivity index (χ1v) is 11.2. The van der Waals surface area contributed by atoms with Crippen LogP contribution in [0.5, 0.6) is 5.75 Å². The summed E-state index contributed by atoms with van der Waals surface area (Å²) < 4.78 is 33.2. The van der Waals surface area contributed by atoms with Crippen molar-refractivity contribution >= 4 is 21.9 Å². The first-order valence-electron chi connectivity index (χ1n) is 9.74. The zero-order valence-corrected chi connectivity index (χ0v) is 17.6. The molecule has 2 aromatic rings. The highest BCUT2D eigenvalue weighted by Gasteiger charge is 2.28. The number of ether oxygens (including phenoxy) is 1.